The van der Waals surface area contributed by atoms with Crippen molar-refractivity contribution in [2.75, 3.05) is 0 Å². The van der Waals surface area contributed by atoms with Gasteiger partial charge in [0.2, 0.25) is 11.5 Å². The SMILES string of the molecule is CC.O=C(O)Oc1ccccc1OOc1ccccc1OC(=O)O. The van der Waals surface area contributed by atoms with Crippen LogP contribution in [-0.2, 0) is 0 Å². The maximum atomic E-state index is 10.6. The molecular formula is C16H16O8. The number of hydrogen-bond donors (Lipinski definition) is 2. The normalized spacial score (nSPS) is 9.08. The third-order valence-corrected chi connectivity index (χ3v) is 2.31. The fourth-order valence-corrected chi connectivity index (χ4v) is 1.48. The van der Waals surface area contributed by atoms with Gasteiger partial charge in [-0.1, -0.05) is 38.1 Å². The third kappa shape index (κ3) is 5.76. The zero-order chi connectivity index (χ0) is 17.9. The van der Waals surface area contributed by atoms with Crippen molar-refractivity contribution in [3.63, 3.8) is 0 Å². The first kappa shape index (κ1) is 18.6. The molecule has 2 rings (SSSR count). The second-order valence-electron chi connectivity index (χ2n) is 3.80. The molecule has 8 heteroatoms. The van der Waals surface area contributed by atoms with Crippen LogP contribution in [0.5, 0.6) is 23.0 Å². The summed E-state index contributed by atoms with van der Waals surface area (Å²) in [5.41, 5.74) is 0. The summed E-state index contributed by atoms with van der Waals surface area (Å²) in [6.07, 6.45) is -3.02. The van der Waals surface area contributed by atoms with Gasteiger partial charge < -0.3 is 19.7 Å². The van der Waals surface area contributed by atoms with Gasteiger partial charge in [0.15, 0.2) is 11.5 Å². The Morgan fingerprint density at radius 1 is 0.667 bits per heavy atom. The topological polar surface area (TPSA) is 112 Å². The lowest BCUT2D eigenvalue weighted by molar-refractivity contribution is -0.103. The summed E-state index contributed by atoms with van der Waals surface area (Å²) >= 11 is 0. The third-order valence-electron chi connectivity index (χ3n) is 2.31. The summed E-state index contributed by atoms with van der Waals surface area (Å²) in [6.45, 7) is 4.00. The fraction of sp³-hybridized carbons (Fsp3) is 0.125. The Hall–Kier alpha value is -3.42. The molecule has 0 atom stereocenters. The van der Waals surface area contributed by atoms with Crippen LogP contribution in [0.25, 0.3) is 0 Å². The highest BCUT2D eigenvalue weighted by molar-refractivity contribution is 5.63. The van der Waals surface area contributed by atoms with Crippen molar-refractivity contribution < 1.29 is 39.1 Å². The van der Waals surface area contributed by atoms with E-state index in [2.05, 4.69) is 9.47 Å². The van der Waals surface area contributed by atoms with Crippen molar-refractivity contribution in [1.29, 1.82) is 0 Å². The van der Waals surface area contributed by atoms with Gasteiger partial charge >= 0.3 is 12.3 Å². The van der Waals surface area contributed by atoms with E-state index in [1.165, 1.54) is 24.3 Å². The second kappa shape index (κ2) is 9.57. The molecule has 128 valence electrons. The summed E-state index contributed by atoms with van der Waals surface area (Å²) in [5, 5.41) is 17.2. The van der Waals surface area contributed by atoms with Gasteiger partial charge in [0, 0.05) is 0 Å². The number of rotatable bonds is 5. The molecule has 0 bridgehead atoms. The molecule has 0 spiro atoms. The summed E-state index contributed by atoms with van der Waals surface area (Å²) in [6, 6.07) is 11.8. The van der Waals surface area contributed by atoms with Crippen LogP contribution in [0.2, 0.25) is 0 Å². The second-order valence-corrected chi connectivity index (χ2v) is 3.80. The summed E-state index contributed by atoms with van der Waals surface area (Å²) < 4.78 is 9.03. The van der Waals surface area contributed by atoms with E-state index >= 15 is 0 Å². The standard InChI is InChI=1S/C14H10O8.C2H6/c15-13(16)19-9-5-1-3-7-11(9)21-22-12-8-4-2-6-10(12)20-14(17)18;1-2/h1-8H,(H,15,16)(H,17,18);1-2H3. The van der Waals surface area contributed by atoms with Crippen molar-refractivity contribution in [3.05, 3.63) is 48.5 Å². The number of para-hydroxylation sites is 4. The smallest absolute Gasteiger partial charge is 0.449 e. The van der Waals surface area contributed by atoms with Crippen LogP contribution in [0.4, 0.5) is 9.59 Å². The lowest BCUT2D eigenvalue weighted by atomic mass is 10.3. The van der Waals surface area contributed by atoms with Crippen LogP contribution in [0, 0.1) is 0 Å². The van der Waals surface area contributed by atoms with Crippen molar-refractivity contribution in [2.45, 2.75) is 13.8 Å². The molecule has 0 amide bonds. The molecule has 2 aromatic rings. The van der Waals surface area contributed by atoms with Crippen LogP contribution in [-0.4, -0.2) is 22.5 Å². The Morgan fingerprint density at radius 2 is 0.958 bits per heavy atom. The molecule has 0 saturated carbocycles. The Labute approximate surface area is 137 Å². The van der Waals surface area contributed by atoms with Gasteiger partial charge in [0.25, 0.3) is 0 Å². The first-order valence-corrected chi connectivity index (χ1v) is 6.90. The van der Waals surface area contributed by atoms with Gasteiger partial charge in [0.05, 0.1) is 0 Å². The number of carbonyl (C=O) groups is 2. The lowest BCUT2D eigenvalue weighted by Gasteiger charge is -2.10. The van der Waals surface area contributed by atoms with Crippen LogP contribution in [0.15, 0.2) is 48.5 Å². The van der Waals surface area contributed by atoms with E-state index in [9.17, 15) is 9.59 Å². The zero-order valence-corrected chi connectivity index (χ0v) is 13.0. The molecule has 0 radical (unpaired) electrons. The highest BCUT2D eigenvalue weighted by Crippen LogP contribution is 2.30. The minimum Gasteiger partial charge on any atom is -0.449 e. The van der Waals surface area contributed by atoms with Crippen LogP contribution in [0.3, 0.4) is 0 Å². The Balaban J connectivity index is 0.00000139. The van der Waals surface area contributed by atoms with E-state index in [1.54, 1.807) is 24.3 Å². The van der Waals surface area contributed by atoms with E-state index in [1.807, 2.05) is 13.8 Å². The van der Waals surface area contributed by atoms with Crippen LogP contribution >= 0.6 is 0 Å². The van der Waals surface area contributed by atoms with Crippen LogP contribution in [0.1, 0.15) is 13.8 Å². The monoisotopic (exact) mass is 336 g/mol. The molecule has 8 nitrogen and oxygen atoms in total. The largest absolute Gasteiger partial charge is 0.511 e. The number of benzene rings is 2. The molecule has 0 heterocycles. The maximum Gasteiger partial charge on any atom is 0.511 e. The van der Waals surface area contributed by atoms with E-state index in [0.717, 1.165) is 0 Å². The summed E-state index contributed by atoms with van der Waals surface area (Å²) in [5.74, 6) is -0.164. The van der Waals surface area contributed by atoms with Crippen LogP contribution < -0.4 is 19.2 Å². The molecule has 0 aliphatic carbocycles. The number of hydrogen-bond acceptors (Lipinski definition) is 6. The minimum atomic E-state index is -1.51. The molecule has 0 unspecified atom stereocenters. The van der Waals surface area contributed by atoms with E-state index in [4.69, 9.17) is 20.0 Å². The molecule has 0 aliphatic rings. The minimum absolute atomic E-state index is 0.00460. The Kier molecular flexibility index (Phi) is 7.43. The average molecular weight is 336 g/mol. The highest BCUT2D eigenvalue weighted by Gasteiger charge is 2.13. The molecule has 0 fully saturated rings. The van der Waals surface area contributed by atoms with Gasteiger partial charge in [-0.15, -0.1) is 0 Å². The predicted molar refractivity (Wildman–Crippen MR) is 82.8 cm³/mol. The first-order valence-electron chi connectivity index (χ1n) is 6.90. The lowest BCUT2D eigenvalue weighted by Crippen LogP contribution is -2.09. The van der Waals surface area contributed by atoms with E-state index < -0.39 is 12.3 Å². The van der Waals surface area contributed by atoms with Crippen molar-refractivity contribution >= 4 is 12.3 Å². The van der Waals surface area contributed by atoms with Gasteiger partial charge in [0.1, 0.15) is 0 Å². The predicted octanol–water partition coefficient (Wildman–Crippen LogP) is 4.20. The molecule has 0 aliphatic heterocycles. The molecule has 0 aromatic heterocycles. The summed E-state index contributed by atoms with van der Waals surface area (Å²) in [4.78, 5) is 31.1. The first-order chi connectivity index (χ1) is 11.6. The van der Waals surface area contributed by atoms with Gasteiger partial charge in [-0.25, -0.2) is 9.59 Å². The van der Waals surface area contributed by atoms with Crippen molar-refractivity contribution in [2.24, 2.45) is 0 Å². The summed E-state index contributed by atoms with van der Waals surface area (Å²) in [7, 11) is 0. The molecule has 0 saturated heterocycles. The van der Waals surface area contributed by atoms with Crippen molar-refractivity contribution in [3.8, 4) is 23.0 Å². The number of carboxylic acid groups (broad SMARTS) is 2. The fourth-order valence-electron chi connectivity index (χ4n) is 1.48. The van der Waals surface area contributed by atoms with Gasteiger partial charge in [-0.05, 0) is 24.3 Å². The average Bonchev–Trinajstić information content (AvgIpc) is 2.56. The Bertz CT molecular complexity index is 624. The maximum absolute atomic E-state index is 10.6. The highest BCUT2D eigenvalue weighted by atomic mass is 17.2. The zero-order valence-electron chi connectivity index (χ0n) is 13.0. The van der Waals surface area contributed by atoms with E-state index in [0.29, 0.717) is 0 Å². The number of ether oxygens (including phenoxy) is 2. The van der Waals surface area contributed by atoms with Gasteiger partial charge in [-0.2, -0.15) is 0 Å². The van der Waals surface area contributed by atoms with E-state index in [-0.39, 0.29) is 23.0 Å². The molecule has 24 heavy (non-hydrogen) atoms. The molecule has 2 N–H and O–H groups in total. The van der Waals surface area contributed by atoms with Crippen molar-refractivity contribution in [1.82, 2.24) is 0 Å². The Morgan fingerprint density at radius 3 is 1.25 bits per heavy atom. The molecule has 2 aromatic carbocycles. The quantitative estimate of drug-likeness (QED) is 0.362. The van der Waals surface area contributed by atoms with Gasteiger partial charge in [-0.3, -0.25) is 9.78 Å². The molecular weight excluding hydrogens is 320 g/mol.